The van der Waals surface area contributed by atoms with Gasteiger partial charge >= 0.3 is 0 Å². The van der Waals surface area contributed by atoms with E-state index in [4.69, 9.17) is 19.9 Å². The van der Waals surface area contributed by atoms with Crippen molar-refractivity contribution in [3.8, 4) is 17.2 Å². The van der Waals surface area contributed by atoms with Crippen molar-refractivity contribution in [3.05, 3.63) is 47.7 Å². The van der Waals surface area contributed by atoms with Gasteiger partial charge in [0.05, 0.1) is 6.61 Å². The third-order valence-corrected chi connectivity index (χ3v) is 3.57. The minimum atomic E-state index is 0.422. The number of nitrogen functional groups attached to an aromatic ring is 1. The van der Waals surface area contributed by atoms with E-state index in [1.807, 2.05) is 12.1 Å². The lowest BCUT2D eigenvalue weighted by Crippen LogP contribution is -2.03. The molecule has 1 aromatic heterocycles. The van der Waals surface area contributed by atoms with Gasteiger partial charge in [0, 0.05) is 32.4 Å². The molecule has 0 aliphatic heterocycles. The maximum atomic E-state index is 5.96. The Kier molecular flexibility index (Phi) is 4.78. The average molecular weight is 312 g/mol. The van der Waals surface area contributed by atoms with Gasteiger partial charge in [0.1, 0.15) is 11.6 Å². The first-order valence-corrected chi connectivity index (χ1v) is 7.61. The normalized spacial score (nSPS) is 12.2. The van der Waals surface area contributed by atoms with E-state index in [0.29, 0.717) is 30.5 Å². The van der Waals surface area contributed by atoms with Gasteiger partial charge in [-0.25, -0.2) is 4.98 Å². The lowest BCUT2D eigenvalue weighted by Gasteiger charge is -2.15. The van der Waals surface area contributed by atoms with E-state index in [1.54, 1.807) is 25.4 Å². The van der Waals surface area contributed by atoms with Crippen LogP contribution in [0.1, 0.15) is 17.5 Å². The van der Waals surface area contributed by atoms with Gasteiger partial charge < -0.3 is 19.9 Å². The number of ether oxygens (including phenoxy) is 3. The summed E-state index contributed by atoms with van der Waals surface area (Å²) in [7, 11) is 1.68. The minimum absolute atomic E-state index is 0.422. The first kappa shape index (κ1) is 15.4. The van der Waals surface area contributed by atoms with E-state index in [2.05, 4.69) is 17.1 Å². The van der Waals surface area contributed by atoms with Gasteiger partial charge in [0.25, 0.3) is 0 Å². The van der Waals surface area contributed by atoms with Crippen LogP contribution in [0.25, 0.3) is 6.08 Å². The van der Waals surface area contributed by atoms with Crippen LogP contribution in [-0.4, -0.2) is 25.3 Å². The molecule has 0 fully saturated rings. The third kappa shape index (κ3) is 3.81. The molecule has 23 heavy (non-hydrogen) atoms. The van der Waals surface area contributed by atoms with E-state index in [-0.39, 0.29) is 0 Å². The predicted octanol–water partition coefficient (Wildman–Crippen LogP) is 3.44. The van der Waals surface area contributed by atoms with E-state index < -0.39 is 0 Å². The smallest absolute Gasteiger partial charge is 0.169 e. The molecule has 5 heteroatoms. The zero-order valence-electron chi connectivity index (χ0n) is 13.1. The average Bonchev–Trinajstić information content (AvgIpc) is 2.99. The molecule has 0 unspecified atom stereocenters. The molecule has 0 radical (unpaired) electrons. The van der Waals surface area contributed by atoms with Crippen LogP contribution in [0.15, 0.2) is 36.5 Å². The molecule has 0 amide bonds. The van der Waals surface area contributed by atoms with Crippen LogP contribution < -0.4 is 15.2 Å². The standard InChI is InChI=1S/C18H20N2O3/c1-21-8-3-9-22-16-10-13-4-2-5-14(13)11-17(16)23-15-6-7-20-18(19)12-15/h2,5-7,10-12H,3-4,8-9H2,1H3,(H2,19,20). The topological polar surface area (TPSA) is 66.6 Å². The Labute approximate surface area is 135 Å². The van der Waals surface area contributed by atoms with Crippen LogP contribution in [0.4, 0.5) is 5.82 Å². The summed E-state index contributed by atoms with van der Waals surface area (Å²) in [6, 6.07) is 7.51. The molecule has 0 bridgehead atoms. The third-order valence-electron chi connectivity index (χ3n) is 3.57. The van der Waals surface area contributed by atoms with Gasteiger partial charge in [0.2, 0.25) is 0 Å². The monoisotopic (exact) mass is 312 g/mol. The number of benzene rings is 1. The number of hydrogen-bond acceptors (Lipinski definition) is 5. The Hall–Kier alpha value is -2.53. The summed E-state index contributed by atoms with van der Waals surface area (Å²) >= 11 is 0. The fraction of sp³-hybridized carbons (Fsp3) is 0.278. The number of aromatic nitrogens is 1. The van der Waals surface area contributed by atoms with Crippen molar-refractivity contribution < 1.29 is 14.2 Å². The van der Waals surface area contributed by atoms with Gasteiger partial charge in [-0.05, 0) is 35.7 Å². The summed E-state index contributed by atoms with van der Waals surface area (Å²) in [5.74, 6) is 2.48. The SMILES string of the molecule is COCCCOc1cc2c(cc1Oc1ccnc(N)c1)C=CC2. The fourth-order valence-electron chi connectivity index (χ4n) is 2.46. The highest BCUT2D eigenvalue weighted by atomic mass is 16.5. The molecule has 120 valence electrons. The zero-order valence-corrected chi connectivity index (χ0v) is 13.1. The predicted molar refractivity (Wildman–Crippen MR) is 89.9 cm³/mol. The van der Waals surface area contributed by atoms with Crippen LogP contribution in [0.2, 0.25) is 0 Å². The number of anilines is 1. The Morgan fingerprint density at radius 3 is 2.91 bits per heavy atom. The van der Waals surface area contributed by atoms with Crippen LogP contribution >= 0.6 is 0 Å². The van der Waals surface area contributed by atoms with Crippen molar-refractivity contribution in [1.29, 1.82) is 0 Å². The number of methoxy groups -OCH3 is 1. The fourth-order valence-corrected chi connectivity index (χ4v) is 2.46. The quantitative estimate of drug-likeness (QED) is 0.793. The van der Waals surface area contributed by atoms with Gasteiger partial charge in [-0.3, -0.25) is 0 Å². The van der Waals surface area contributed by atoms with E-state index >= 15 is 0 Å². The second-order valence-electron chi connectivity index (χ2n) is 5.32. The molecule has 0 saturated heterocycles. The maximum Gasteiger partial charge on any atom is 0.169 e. The highest BCUT2D eigenvalue weighted by Crippen LogP contribution is 2.37. The number of pyridine rings is 1. The van der Waals surface area contributed by atoms with E-state index in [9.17, 15) is 0 Å². The molecular formula is C18H20N2O3. The van der Waals surface area contributed by atoms with Crippen LogP contribution in [0.5, 0.6) is 17.2 Å². The number of hydrogen-bond donors (Lipinski definition) is 1. The zero-order chi connectivity index (χ0) is 16.1. The molecule has 1 heterocycles. The summed E-state index contributed by atoms with van der Waals surface area (Å²) < 4.78 is 16.9. The van der Waals surface area contributed by atoms with Crippen LogP contribution in [0.3, 0.4) is 0 Å². The molecule has 1 aliphatic carbocycles. The number of rotatable bonds is 7. The van der Waals surface area contributed by atoms with Crippen molar-refractivity contribution in [2.75, 3.05) is 26.1 Å². The Bertz CT molecular complexity index is 713. The van der Waals surface area contributed by atoms with Crippen molar-refractivity contribution in [3.63, 3.8) is 0 Å². The van der Waals surface area contributed by atoms with Gasteiger partial charge in [-0.15, -0.1) is 0 Å². The molecule has 0 atom stereocenters. The molecule has 5 nitrogen and oxygen atoms in total. The Morgan fingerprint density at radius 1 is 1.17 bits per heavy atom. The highest BCUT2D eigenvalue weighted by molar-refractivity contribution is 5.65. The molecule has 3 rings (SSSR count). The molecule has 0 spiro atoms. The lowest BCUT2D eigenvalue weighted by molar-refractivity contribution is 0.171. The van der Waals surface area contributed by atoms with Gasteiger partial charge in [-0.1, -0.05) is 12.2 Å². The summed E-state index contributed by atoms with van der Waals surface area (Å²) in [6.07, 6.45) is 7.60. The van der Waals surface area contributed by atoms with Gasteiger partial charge in [-0.2, -0.15) is 0 Å². The number of allylic oxidation sites excluding steroid dienone is 1. The number of nitrogens with two attached hydrogens (primary N) is 1. The van der Waals surface area contributed by atoms with Crippen molar-refractivity contribution in [2.24, 2.45) is 0 Å². The van der Waals surface area contributed by atoms with Crippen LogP contribution in [0, 0.1) is 0 Å². The van der Waals surface area contributed by atoms with E-state index in [1.165, 1.54) is 5.56 Å². The summed E-state index contributed by atoms with van der Waals surface area (Å²) in [5, 5.41) is 0. The minimum Gasteiger partial charge on any atom is -0.490 e. The second-order valence-corrected chi connectivity index (χ2v) is 5.32. The molecule has 0 saturated carbocycles. The summed E-state index contributed by atoms with van der Waals surface area (Å²) in [6.45, 7) is 1.25. The largest absolute Gasteiger partial charge is 0.490 e. The second kappa shape index (κ2) is 7.15. The summed E-state index contributed by atoms with van der Waals surface area (Å²) in [5.41, 5.74) is 8.11. The number of fused-ring (bicyclic) bond motifs is 1. The molecule has 1 aliphatic rings. The van der Waals surface area contributed by atoms with E-state index in [0.717, 1.165) is 24.2 Å². The Morgan fingerprint density at radius 2 is 2.09 bits per heavy atom. The Balaban J connectivity index is 1.82. The van der Waals surface area contributed by atoms with Crippen molar-refractivity contribution >= 4 is 11.9 Å². The van der Waals surface area contributed by atoms with Crippen LogP contribution in [-0.2, 0) is 11.2 Å². The number of nitrogens with zero attached hydrogens (tertiary/aromatic N) is 1. The van der Waals surface area contributed by atoms with Crippen molar-refractivity contribution in [2.45, 2.75) is 12.8 Å². The first-order chi connectivity index (χ1) is 11.3. The molecule has 2 N–H and O–H groups in total. The van der Waals surface area contributed by atoms with Crippen molar-refractivity contribution in [1.82, 2.24) is 4.98 Å². The maximum absolute atomic E-state index is 5.96. The molecule has 2 aromatic rings. The molecule has 1 aromatic carbocycles. The molecular weight excluding hydrogens is 292 g/mol. The summed E-state index contributed by atoms with van der Waals surface area (Å²) in [4.78, 5) is 3.97. The first-order valence-electron chi connectivity index (χ1n) is 7.61. The van der Waals surface area contributed by atoms with Gasteiger partial charge in [0.15, 0.2) is 11.5 Å². The lowest BCUT2D eigenvalue weighted by atomic mass is 10.1. The highest BCUT2D eigenvalue weighted by Gasteiger charge is 2.14.